The molecule has 7 nitrogen and oxygen atoms in total. The van der Waals surface area contributed by atoms with E-state index in [1.54, 1.807) is 11.5 Å². The van der Waals surface area contributed by atoms with Gasteiger partial charge in [0.05, 0.1) is 5.52 Å². The number of fused-ring (bicyclic) bond motifs is 1. The van der Waals surface area contributed by atoms with Crippen LogP contribution in [0.15, 0.2) is 42.3 Å². The van der Waals surface area contributed by atoms with Crippen LogP contribution in [0.2, 0.25) is 0 Å². The van der Waals surface area contributed by atoms with E-state index >= 15 is 0 Å². The standard InChI is InChI=1S/C26H34N2O5/c1-3-32-26-20(12-8-14-29)21(15-24(33-26)25(31)27-18-9-4-5-10-18)22-16-28(17(2)30)23-13-7-6-11-19(22)23/h6-7,11,13,15-16,18,20-21,26,29H,3-5,8-10,12,14H2,1-2H3,(H,27,31)/t20-,21+,26-/m1/s1. The summed E-state index contributed by atoms with van der Waals surface area (Å²) in [5.41, 5.74) is 1.80. The molecule has 0 saturated heterocycles. The number of carbonyl (C=O) groups is 2. The van der Waals surface area contributed by atoms with Gasteiger partial charge in [-0.25, -0.2) is 0 Å². The molecular weight excluding hydrogens is 420 g/mol. The molecule has 0 bridgehead atoms. The molecule has 178 valence electrons. The van der Waals surface area contributed by atoms with Crippen molar-refractivity contribution in [2.45, 2.75) is 70.6 Å². The van der Waals surface area contributed by atoms with Crippen molar-refractivity contribution in [2.24, 2.45) is 5.92 Å². The lowest BCUT2D eigenvalue weighted by Gasteiger charge is -2.37. The van der Waals surface area contributed by atoms with Gasteiger partial charge >= 0.3 is 0 Å². The monoisotopic (exact) mass is 454 g/mol. The molecule has 1 fully saturated rings. The Hall–Kier alpha value is -2.64. The number of amides is 1. The molecule has 2 heterocycles. The van der Waals surface area contributed by atoms with Gasteiger partial charge in [0.25, 0.3) is 5.91 Å². The van der Waals surface area contributed by atoms with Gasteiger partial charge in [0, 0.05) is 49.6 Å². The zero-order chi connectivity index (χ0) is 23.4. The van der Waals surface area contributed by atoms with Gasteiger partial charge in [-0.15, -0.1) is 0 Å². The zero-order valence-corrected chi connectivity index (χ0v) is 19.5. The molecule has 0 spiro atoms. The number of ether oxygens (including phenoxy) is 2. The molecule has 1 aromatic carbocycles. The van der Waals surface area contributed by atoms with E-state index in [2.05, 4.69) is 5.32 Å². The predicted molar refractivity (Wildman–Crippen MR) is 126 cm³/mol. The van der Waals surface area contributed by atoms with Crippen LogP contribution < -0.4 is 5.32 Å². The molecule has 2 N–H and O–H groups in total. The Bertz CT molecular complexity index is 1020. The smallest absolute Gasteiger partial charge is 0.286 e. The molecule has 0 unspecified atom stereocenters. The maximum Gasteiger partial charge on any atom is 0.286 e. The molecule has 1 aromatic heterocycles. The van der Waals surface area contributed by atoms with Crippen LogP contribution in [0.5, 0.6) is 0 Å². The summed E-state index contributed by atoms with van der Waals surface area (Å²) in [5.74, 6) is -0.318. The third-order valence-electron chi connectivity index (χ3n) is 6.77. The number of benzene rings is 1. The van der Waals surface area contributed by atoms with Gasteiger partial charge in [0.2, 0.25) is 12.2 Å². The summed E-state index contributed by atoms with van der Waals surface area (Å²) in [4.78, 5) is 25.5. The highest BCUT2D eigenvalue weighted by atomic mass is 16.7. The van der Waals surface area contributed by atoms with Crippen molar-refractivity contribution in [2.75, 3.05) is 13.2 Å². The second kappa shape index (κ2) is 10.5. The average Bonchev–Trinajstić information content (AvgIpc) is 3.46. The first-order chi connectivity index (χ1) is 16.0. The summed E-state index contributed by atoms with van der Waals surface area (Å²) in [7, 11) is 0. The van der Waals surface area contributed by atoms with E-state index in [-0.39, 0.29) is 42.1 Å². The third-order valence-corrected chi connectivity index (χ3v) is 6.77. The summed E-state index contributed by atoms with van der Waals surface area (Å²) in [6, 6.07) is 7.98. The summed E-state index contributed by atoms with van der Waals surface area (Å²) in [5, 5.41) is 13.6. The van der Waals surface area contributed by atoms with E-state index < -0.39 is 6.29 Å². The van der Waals surface area contributed by atoms with Crippen LogP contribution >= 0.6 is 0 Å². The van der Waals surface area contributed by atoms with Crippen LogP contribution in [0.3, 0.4) is 0 Å². The molecule has 1 saturated carbocycles. The third kappa shape index (κ3) is 4.99. The quantitative estimate of drug-likeness (QED) is 0.627. The molecule has 1 aliphatic heterocycles. The lowest BCUT2D eigenvalue weighted by molar-refractivity contribution is -0.166. The molecule has 1 aliphatic carbocycles. The first-order valence-corrected chi connectivity index (χ1v) is 12.1. The topological polar surface area (TPSA) is 89.8 Å². The average molecular weight is 455 g/mol. The summed E-state index contributed by atoms with van der Waals surface area (Å²) in [6.45, 7) is 3.96. The molecule has 0 radical (unpaired) electrons. The Kier molecular flexibility index (Phi) is 7.50. The van der Waals surface area contributed by atoms with Crippen molar-refractivity contribution >= 4 is 22.7 Å². The van der Waals surface area contributed by atoms with E-state index in [1.165, 1.54) is 0 Å². The lowest BCUT2D eigenvalue weighted by atomic mass is 9.80. The maximum atomic E-state index is 13.1. The molecule has 7 heteroatoms. The highest BCUT2D eigenvalue weighted by Crippen LogP contribution is 2.42. The van der Waals surface area contributed by atoms with Gasteiger partial charge in [0.15, 0.2) is 5.76 Å². The number of nitrogens with zero attached hydrogens (tertiary/aromatic N) is 1. The van der Waals surface area contributed by atoms with Crippen LogP contribution in [0.25, 0.3) is 10.9 Å². The second-order valence-corrected chi connectivity index (χ2v) is 8.97. The van der Waals surface area contributed by atoms with Gasteiger partial charge in [-0.1, -0.05) is 31.0 Å². The first-order valence-electron chi connectivity index (χ1n) is 12.1. The minimum absolute atomic E-state index is 0.0655. The maximum absolute atomic E-state index is 13.1. The first kappa shape index (κ1) is 23.5. The SMILES string of the molecule is CCO[C@@H]1OC(C(=O)NC2CCCC2)=C[C@H](c2cn(C(C)=O)c3ccccc23)[C@H]1CCCO. The van der Waals surface area contributed by atoms with Crippen LogP contribution in [0.1, 0.15) is 68.6 Å². The molecule has 4 rings (SSSR count). The van der Waals surface area contributed by atoms with Crippen LogP contribution in [-0.4, -0.2) is 47.0 Å². The lowest BCUT2D eigenvalue weighted by Crippen LogP contribution is -2.41. The van der Waals surface area contributed by atoms with E-state index in [1.807, 2.05) is 43.5 Å². The van der Waals surface area contributed by atoms with E-state index in [0.717, 1.165) is 42.1 Å². The fraction of sp³-hybridized carbons (Fsp3) is 0.538. The van der Waals surface area contributed by atoms with Gasteiger partial charge in [-0.3, -0.25) is 14.2 Å². The van der Waals surface area contributed by atoms with Crippen molar-refractivity contribution in [3.05, 3.63) is 47.9 Å². The fourth-order valence-corrected chi connectivity index (χ4v) is 5.18. The van der Waals surface area contributed by atoms with Crippen LogP contribution in [0.4, 0.5) is 0 Å². The van der Waals surface area contributed by atoms with Crippen molar-refractivity contribution in [3.63, 3.8) is 0 Å². The minimum atomic E-state index is -0.611. The number of hydrogen-bond donors (Lipinski definition) is 2. The number of carbonyl (C=O) groups excluding carboxylic acids is 2. The largest absolute Gasteiger partial charge is 0.459 e. The Balaban J connectivity index is 1.77. The molecule has 2 aliphatic rings. The summed E-state index contributed by atoms with van der Waals surface area (Å²) >= 11 is 0. The van der Waals surface area contributed by atoms with Crippen molar-refractivity contribution in [1.82, 2.24) is 9.88 Å². The normalized spacial score (nSPS) is 23.4. The van der Waals surface area contributed by atoms with Gasteiger partial charge in [-0.2, -0.15) is 0 Å². The van der Waals surface area contributed by atoms with Gasteiger partial charge in [0.1, 0.15) is 0 Å². The van der Waals surface area contributed by atoms with E-state index in [4.69, 9.17) is 9.47 Å². The van der Waals surface area contributed by atoms with Crippen molar-refractivity contribution in [3.8, 4) is 0 Å². The van der Waals surface area contributed by atoms with E-state index in [0.29, 0.717) is 19.4 Å². The van der Waals surface area contributed by atoms with Crippen molar-refractivity contribution in [1.29, 1.82) is 0 Å². The summed E-state index contributed by atoms with van der Waals surface area (Å²) in [6.07, 6.45) is 8.64. The van der Waals surface area contributed by atoms with Crippen LogP contribution in [-0.2, 0) is 14.3 Å². The number of para-hydroxylation sites is 1. The highest BCUT2D eigenvalue weighted by molar-refractivity contribution is 5.95. The van der Waals surface area contributed by atoms with Crippen molar-refractivity contribution < 1.29 is 24.2 Å². The highest BCUT2D eigenvalue weighted by Gasteiger charge is 2.39. The molecular formula is C26H34N2O5. The molecule has 2 aromatic rings. The predicted octanol–water partition coefficient (Wildman–Crippen LogP) is 4.11. The number of aromatic nitrogens is 1. The number of rotatable bonds is 8. The number of aliphatic hydroxyl groups is 1. The minimum Gasteiger partial charge on any atom is -0.459 e. The van der Waals surface area contributed by atoms with Crippen LogP contribution in [0, 0.1) is 5.92 Å². The van der Waals surface area contributed by atoms with Gasteiger partial charge in [-0.05, 0) is 50.3 Å². The Morgan fingerprint density at radius 1 is 1.24 bits per heavy atom. The Morgan fingerprint density at radius 2 is 2.00 bits per heavy atom. The molecule has 1 amide bonds. The zero-order valence-electron chi connectivity index (χ0n) is 19.5. The number of allylic oxidation sites excluding steroid dienone is 1. The van der Waals surface area contributed by atoms with Gasteiger partial charge < -0.3 is 19.9 Å². The fourth-order valence-electron chi connectivity index (χ4n) is 5.18. The Morgan fingerprint density at radius 3 is 2.70 bits per heavy atom. The number of nitrogens with one attached hydrogen (secondary N) is 1. The molecule has 3 atom stereocenters. The van der Waals surface area contributed by atoms with E-state index in [9.17, 15) is 14.7 Å². The number of hydrogen-bond acceptors (Lipinski definition) is 5. The molecule has 33 heavy (non-hydrogen) atoms. The number of aliphatic hydroxyl groups excluding tert-OH is 1. The summed E-state index contributed by atoms with van der Waals surface area (Å²) < 4.78 is 13.7. The Labute approximate surface area is 194 Å². The second-order valence-electron chi connectivity index (χ2n) is 8.97.